The average Bonchev–Trinajstić information content (AvgIpc) is 2.77. The molecule has 0 aliphatic carbocycles. The van der Waals surface area contributed by atoms with E-state index < -0.39 is 0 Å². The molecule has 2 rings (SSSR count). The van der Waals surface area contributed by atoms with Gasteiger partial charge in [-0.05, 0) is 33.2 Å². The molecule has 5 heteroatoms. The predicted octanol–water partition coefficient (Wildman–Crippen LogP) is 1.94. The summed E-state index contributed by atoms with van der Waals surface area (Å²) in [6, 6.07) is 7.53. The van der Waals surface area contributed by atoms with Crippen molar-refractivity contribution < 1.29 is 4.52 Å². The van der Waals surface area contributed by atoms with Gasteiger partial charge in [0, 0.05) is 6.07 Å². The van der Waals surface area contributed by atoms with Crippen LogP contribution in [0, 0.1) is 0 Å². The van der Waals surface area contributed by atoms with E-state index >= 15 is 0 Å². The number of hydrogen-bond acceptors (Lipinski definition) is 5. The third kappa shape index (κ3) is 2.45. The van der Waals surface area contributed by atoms with Gasteiger partial charge in [0.05, 0.1) is 6.04 Å². The van der Waals surface area contributed by atoms with E-state index in [0.717, 1.165) is 5.69 Å². The van der Waals surface area contributed by atoms with Crippen molar-refractivity contribution in [2.45, 2.75) is 13.0 Å². The maximum atomic E-state index is 5.63. The van der Waals surface area contributed by atoms with Gasteiger partial charge in [-0.15, -0.1) is 0 Å². The van der Waals surface area contributed by atoms with Crippen molar-refractivity contribution in [3.8, 4) is 11.5 Å². The van der Waals surface area contributed by atoms with Gasteiger partial charge in [0.25, 0.3) is 0 Å². The topological polar surface area (TPSA) is 68.2 Å². The van der Waals surface area contributed by atoms with E-state index in [2.05, 4.69) is 22.0 Å². The molecule has 0 saturated heterocycles. The van der Waals surface area contributed by atoms with Gasteiger partial charge < -0.3 is 15.2 Å². The van der Waals surface area contributed by atoms with Crippen molar-refractivity contribution in [2.24, 2.45) is 0 Å². The molecule has 2 N–H and O–H groups in total. The standard InChI is InChI=1S/C12H16N4O/c1-8(16(2)3)10-7-11(17-15-10)9-5-4-6-12(13)14-9/h4-8H,1-3H3,(H2,13,14). The van der Waals surface area contributed by atoms with Gasteiger partial charge in [-0.1, -0.05) is 11.2 Å². The zero-order chi connectivity index (χ0) is 12.4. The molecule has 1 unspecified atom stereocenters. The molecule has 2 aromatic rings. The lowest BCUT2D eigenvalue weighted by atomic mass is 10.2. The van der Waals surface area contributed by atoms with Crippen molar-refractivity contribution in [3.05, 3.63) is 30.0 Å². The van der Waals surface area contributed by atoms with Crippen LogP contribution in [0.25, 0.3) is 11.5 Å². The lowest BCUT2D eigenvalue weighted by molar-refractivity contribution is 0.300. The number of anilines is 1. The maximum Gasteiger partial charge on any atom is 0.185 e. The first kappa shape index (κ1) is 11.6. The van der Waals surface area contributed by atoms with Crippen LogP contribution in [0.1, 0.15) is 18.7 Å². The van der Waals surface area contributed by atoms with Gasteiger partial charge in [0.1, 0.15) is 17.2 Å². The van der Waals surface area contributed by atoms with Gasteiger partial charge in [-0.3, -0.25) is 0 Å². The molecule has 0 bridgehead atoms. The van der Waals surface area contributed by atoms with Crippen LogP contribution in [-0.2, 0) is 0 Å². The molecular weight excluding hydrogens is 216 g/mol. The summed E-state index contributed by atoms with van der Waals surface area (Å²) in [4.78, 5) is 6.26. The minimum Gasteiger partial charge on any atom is -0.384 e. The highest BCUT2D eigenvalue weighted by Gasteiger charge is 2.15. The second-order valence-corrected chi connectivity index (χ2v) is 4.20. The number of rotatable bonds is 3. The summed E-state index contributed by atoms with van der Waals surface area (Å²) in [6.07, 6.45) is 0. The fourth-order valence-corrected chi connectivity index (χ4v) is 1.46. The summed E-state index contributed by atoms with van der Waals surface area (Å²) in [5, 5.41) is 4.05. The Morgan fingerprint density at radius 3 is 2.76 bits per heavy atom. The van der Waals surface area contributed by atoms with Gasteiger partial charge in [-0.25, -0.2) is 4.98 Å². The number of aromatic nitrogens is 2. The van der Waals surface area contributed by atoms with Crippen LogP contribution in [0.5, 0.6) is 0 Å². The molecule has 2 aromatic heterocycles. The molecule has 0 aliphatic heterocycles. The van der Waals surface area contributed by atoms with Crippen LogP contribution in [0.2, 0.25) is 0 Å². The molecule has 0 aromatic carbocycles. The smallest absolute Gasteiger partial charge is 0.185 e. The first-order valence-corrected chi connectivity index (χ1v) is 5.44. The van der Waals surface area contributed by atoms with E-state index in [4.69, 9.17) is 10.3 Å². The Morgan fingerprint density at radius 2 is 2.12 bits per heavy atom. The van der Waals surface area contributed by atoms with E-state index in [1.165, 1.54) is 0 Å². The quantitative estimate of drug-likeness (QED) is 0.875. The molecule has 0 aliphatic rings. The Kier molecular flexibility index (Phi) is 3.10. The summed E-state index contributed by atoms with van der Waals surface area (Å²) in [6.45, 7) is 2.06. The molecule has 0 radical (unpaired) electrons. The molecule has 0 amide bonds. The number of hydrogen-bond donors (Lipinski definition) is 1. The van der Waals surface area contributed by atoms with Crippen LogP contribution >= 0.6 is 0 Å². The van der Waals surface area contributed by atoms with E-state index in [1.54, 1.807) is 6.07 Å². The molecular formula is C12H16N4O. The fraction of sp³-hybridized carbons (Fsp3) is 0.333. The average molecular weight is 232 g/mol. The highest BCUT2D eigenvalue weighted by atomic mass is 16.5. The number of nitrogens with zero attached hydrogens (tertiary/aromatic N) is 3. The highest BCUT2D eigenvalue weighted by molar-refractivity contribution is 5.54. The second kappa shape index (κ2) is 4.55. The minimum absolute atomic E-state index is 0.202. The van der Waals surface area contributed by atoms with E-state index in [1.807, 2.05) is 32.3 Å². The molecule has 0 saturated carbocycles. The SMILES string of the molecule is CC(c1cc(-c2cccc(N)n2)on1)N(C)C. The summed E-state index contributed by atoms with van der Waals surface area (Å²) < 4.78 is 5.28. The van der Waals surface area contributed by atoms with Crippen molar-refractivity contribution in [1.29, 1.82) is 0 Å². The molecule has 1 atom stereocenters. The van der Waals surface area contributed by atoms with Gasteiger partial charge >= 0.3 is 0 Å². The van der Waals surface area contributed by atoms with Crippen molar-refractivity contribution in [1.82, 2.24) is 15.0 Å². The molecule has 2 heterocycles. The Hall–Kier alpha value is -1.88. The Bertz CT molecular complexity index is 507. The van der Waals surface area contributed by atoms with Crippen LogP contribution in [-0.4, -0.2) is 29.1 Å². The molecule has 17 heavy (non-hydrogen) atoms. The zero-order valence-electron chi connectivity index (χ0n) is 10.2. The monoisotopic (exact) mass is 232 g/mol. The second-order valence-electron chi connectivity index (χ2n) is 4.20. The maximum absolute atomic E-state index is 5.63. The summed E-state index contributed by atoms with van der Waals surface area (Å²) in [7, 11) is 4.00. The molecule has 0 fully saturated rings. The Labute approximate surface area is 100 Å². The minimum atomic E-state index is 0.202. The van der Waals surface area contributed by atoms with Gasteiger partial charge in [0.2, 0.25) is 0 Å². The Balaban J connectivity index is 2.30. The predicted molar refractivity (Wildman–Crippen MR) is 66.2 cm³/mol. The van der Waals surface area contributed by atoms with E-state index in [0.29, 0.717) is 17.3 Å². The first-order chi connectivity index (χ1) is 8.08. The largest absolute Gasteiger partial charge is 0.384 e. The van der Waals surface area contributed by atoms with Crippen LogP contribution in [0.4, 0.5) is 5.82 Å². The van der Waals surface area contributed by atoms with Gasteiger partial charge in [0.15, 0.2) is 5.76 Å². The zero-order valence-corrected chi connectivity index (χ0v) is 10.2. The lowest BCUT2D eigenvalue weighted by Gasteiger charge is -2.15. The summed E-state index contributed by atoms with van der Waals surface area (Å²) in [5.41, 5.74) is 7.22. The van der Waals surface area contributed by atoms with Crippen LogP contribution < -0.4 is 5.73 Å². The van der Waals surface area contributed by atoms with Crippen molar-refractivity contribution >= 4 is 5.82 Å². The van der Waals surface area contributed by atoms with Crippen molar-refractivity contribution in [2.75, 3.05) is 19.8 Å². The van der Waals surface area contributed by atoms with Crippen LogP contribution in [0.15, 0.2) is 28.8 Å². The summed E-state index contributed by atoms with van der Waals surface area (Å²) >= 11 is 0. The molecule has 5 nitrogen and oxygen atoms in total. The summed E-state index contributed by atoms with van der Waals surface area (Å²) in [5.74, 6) is 1.11. The van der Waals surface area contributed by atoms with E-state index in [-0.39, 0.29) is 6.04 Å². The van der Waals surface area contributed by atoms with Gasteiger partial charge in [-0.2, -0.15) is 0 Å². The number of pyridine rings is 1. The highest BCUT2D eigenvalue weighted by Crippen LogP contribution is 2.23. The normalized spacial score (nSPS) is 12.9. The van der Waals surface area contributed by atoms with E-state index in [9.17, 15) is 0 Å². The lowest BCUT2D eigenvalue weighted by Crippen LogP contribution is -2.16. The van der Waals surface area contributed by atoms with Crippen LogP contribution in [0.3, 0.4) is 0 Å². The molecule has 90 valence electrons. The number of nitrogen functional groups attached to an aromatic ring is 1. The first-order valence-electron chi connectivity index (χ1n) is 5.44. The fourth-order valence-electron chi connectivity index (χ4n) is 1.46. The number of nitrogens with two attached hydrogens (primary N) is 1. The third-order valence-corrected chi connectivity index (χ3v) is 2.75. The van der Waals surface area contributed by atoms with Crippen molar-refractivity contribution in [3.63, 3.8) is 0 Å². The Morgan fingerprint density at radius 1 is 1.35 bits per heavy atom. The molecule has 0 spiro atoms. The third-order valence-electron chi connectivity index (χ3n) is 2.75.